The molecule has 0 aromatic heterocycles. The molecule has 0 saturated carbocycles. The van der Waals surface area contributed by atoms with Crippen LogP contribution in [-0.2, 0) is 23.8 Å². The van der Waals surface area contributed by atoms with Crippen LogP contribution in [0.5, 0.6) is 0 Å². The van der Waals surface area contributed by atoms with Crippen molar-refractivity contribution in [3.8, 4) is 0 Å². The van der Waals surface area contributed by atoms with Gasteiger partial charge in [0.15, 0.2) is 6.29 Å². The van der Waals surface area contributed by atoms with Gasteiger partial charge in [-0.25, -0.2) is 0 Å². The second kappa shape index (κ2) is 15.5. The number of hydrogen-bond acceptors (Lipinski definition) is 10. The minimum atomic E-state index is -1.79. The zero-order valence-electron chi connectivity index (χ0n) is 29.8. The van der Waals surface area contributed by atoms with Crippen LogP contribution < -0.4 is 0 Å². The normalized spacial score (nSPS) is 43.8. The van der Waals surface area contributed by atoms with E-state index in [1.165, 1.54) is 6.92 Å². The van der Waals surface area contributed by atoms with Gasteiger partial charge in [0.25, 0.3) is 0 Å². The summed E-state index contributed by atoms with van der Waals surface area (Å²) in [5.41, 5.74) is -2.45. The number of aliphatic hydroxyl groups excluding tert-OH is 1. The number of oxime groups is 1. The first-order chi connectivity index (χ1) is 20.1. The van der Waals surface area contributed by atoms with E-state index in [1.54, 1.807) is 20.8 Å². The van der Waals surface area contributed by atoms with Crippen molar-refractivity contribution in [1.82, 2.24) is 4.90 Å². The molecule has 2 fully saturated rings. The van der Waals surface area contributed by atoms with E-state index >= 15 is 0 Å². The Morgan fingerprint density at radius 1 is 0.977 bits per heavy atom. The summed E-state index contributed by atoms with van der Waals surface area (Å²) in [6.45, 7) is 22.0. The Hall–Kier alpha value is -1.30. The van der Waals surface area contributed by atoms with E-state index in [2.05, 4.69) is 19.0 Å². The topological polar surface area (TPSA) is 130 Å². The molecule has 0 spiro atoms. The Morgan fingerprint density at radius 2 is 1.59 bits per heavy atom. The van der Waals surface area contributed by atoms with Crippen LogP contribution in [-0.4, -0.2) is 101 Å². The number of aliphatic hydroxyl groups is 3. The van der Waals surface area contributed by atoms with Crippen molar-refractivity contribution in [3.63, 3.8) is 0 Å². The molecular weight excluding hydrogens is 564 g/mol. The minimum Gasteiger partial charge on any atom is -0.459 e. The van der Waals surface area contributed by atoms with Crippen molar-refractivity contribution in [3.05, 3.63) is 0 Å². The first-order valence-corrected chi connectivity index (χ1v) is 16.6. The summed E-state index contributed by atoms with van der Waals surface area (Å²) in [5, 5.41) is 39.7. The number of esters is 1. The van der Waals surface area contributed by atoms with Crippen LogP contribution in [0.2, 0.25) is 0 Å². The Kier molecular flexibility index (Phi) is 13.7. The van der Waals surface area contributed by atoms with Gasteiger partial charge >= 0.3 is 5.97 Å². The number of rotatable bonds is 7. The highest BCUT2D eigenvalue weighted by Crippen LogP contribution is 2.41. The molecule has 0 aromatic rings. The number of carbonyl (C=O) groups excluding carboxylic acids is 1. The van der Waals surface area contributed by atoms with E-state index in [0.29, 0.717) is 38.1 Å². The maximum absolute atomic E-state index is 13.8. The fraction of sp³-hybridized carbons (Fsp3) is 0.941. The number of hydrogen-bond donors (Lipinski definition) is 3. The van der Waals surface area contributed by atoms with Gasteiger partial charge in [0.1, 0.15) is 18.3 Å². The molecule has 0 aromatic carbocycles. The number of ether oxygens (including phenoxy) is 3. The van der Waals surface area contributed by atoms with Gasteiger partial charge in [0, 0.05) is 24.8 Å². The largest absolute Gasteiger partial charge is 0.459 e. The average Bonchev–Trinajstić information content (AvgIpc) is 2.90. The first kappa shape index (κ1) is 38.9. The molecule has 44 heavy (non-hydrogen) atoms. The van der Waals surface area contributed by atoms with Crippen molar-refractivity contribution in [2.45, 2.75) is 144 Å². The zero-order valence-corrected chi connectivity index (χ0v) is 29.8. The summed E-state index contributed by atoms with van der Waals surface area (Å²) < 4.78 is 18.8. The van der Waals surface area contributed by atoms with Crippen LogP contribution in [0.25, 0.3) is 0 Å². The highest BCUT2D eigenvalue weighted by molar-refractivity contribution is 5.88. The summed E-state index contributed by atoms with van der Waals surface area (Å²) in [7, 11) is 3.88. The van der Waals surface area contributed by atoms with E-state index in [4.69, 9.17) is 19.0 Å². The number of cyclic esters (lactones) is 1. The van der Waals surface area contributed by atoms with E-state index < -0.39 is 53.6 Å². The highest BCUT2D eigenvalue weighted by atomic mass is 16.7. The summed E-state index contributed by atoms with van der Waals surface area (Å²) in [4.78, 5) is 21.5. The molecule has 2 heterocycles. The molecule has 0 aliphatic carbocycles. The molecule has 0 bridgehead atoms. The second-order valence-corrected chi connectivity index (χ2v) is 15.4. The molecule has 0 amide bonds. The molecule has 2 saturated heterocycles. The molecule has 10 nitrogen and oxygen atoms in total. The Morgan fingerprint density at radius 3 is 2.14 bits per heavy atom. The third-order valence-corrected chi connectivity index (χ3v) is 10.2. The number of nitrogens with zero attached hydrogens (tertiary/aromatic N) is 2. The van der Waals surface area contributed by atoms with Crippen LogP contribution >= 0.6 is 0 Å². The van der Waals surface area contributed by atoms with E-state index in [1.807, 2.05) is 53.6 Å². The predicted molar refractivity (Wildman–Crippen MR) is 172 cm³/mol. The molecule has 0 unspecified atom stereocenters. The molecule has 3 N–H and O–H groups in total. The van der Waals surface area contributed by atoms with Gasteiger partial charge in [-0.15, -0.1) is 0 Å². The van der Waals surface area contributed by atoms with E-state index in [0.717, 1.165) is 6.42 Å². The van der Waals surface area contributed by atoms with Crippen molar-refractivity contribution in [1.29, 1.82) is 0 Å². The van der Waals surface area contributed by atoms with Gasteiger partial charge in [-0.1, -0.05) is 53.6 Å². The number of carbonyl (C=O) groups is 1. The third kappa shape index (κ3) is 9.85. The fourth-order valence-electron chi connectivity index (χ4n) is 7.20. The molecule has 2 aliphatic heterocycles. The van der Waals surface area contributed by atoms with E-state index in [-0.39, 0.29) is 29.3 Å². The van der Waals surface area contributed by atoms with Gasteiger partial charge in [-0.3, -0.25) is 4.79 Å². The van der Waals surface area contributed by atoms with Crippen LogP contribution in [0.1, 0.15) is 102 Å². The van der Waals surface area contributed by atoms with Gasteiger partial charge in [0.2, 0.25) is 0 Å². The Labute approximate surface area is 266 Å². The van der Waals surface area contributed by atoms with Crippen molar-refractivity contribution >= 4 is 11.7 Å². The number of likely N-dealkylation sites (N-methyl/N-ethyl adjacent to an activating group) is 1. The van der Waals surface area contributed by atoms with Gasteiger partial charge < -0.3 is 39.3 Å². The van der Waals surface area contributed by atoms with Crippen molar-refractivity contribution in [2.75, 3.05) is 27.2 Å². The summed E-state index contributed by atoms with van der Waals surface area (Å²) in [6, 6.07) is 0. The lowest BCUT2D eigenvalue weighted by Crippen LogP contribution is -2.57. The molecule has 258 valence electrons. The minimum absolute atomic E-state index is 0.00176. The highest BCUT2D eigenvalue weighted by Gasteiger charge is 2.49. The lowest BCUT2D eigenvalue weighted by Gasteiger charge is -2.45. The molecule has 12 atom stereocenters. The van der Waals surface area contributed by atoms with Crippen molar-refractivity contribution < 1.29 is 39.2 Å². The molecule has 0 radical (unpaired) electrons. The van der Waals surface area contributed by atoms with Crippen LogP contribution in [0.15, 0.2) is 5.16 Å². The maximum Gasteiger partial charge on any atom is 0.311 e. The monoisotopic (exact) mass is 628 g/mol. The summed E-state index contributed by atoms with van der Waals surface area (Å²) in [6.07, 6.45) is -1.27. The van der Waals surface area contributed by atoms with Gasteiger partial charge in [-0.05, 0) is 78.3 Å². The van der Waals surface area contributed by atoms with Gasteiger partial charge in [0.05, 0.1) is 35.5 Å². The zero-order chi connectivity index (χ0) is 33.8. The summed E-state index contributed by atoms with van der Waals surface area (Å²) >= 11 is 0. The van der Waals surface area contributed by atoms with Crippen LogP contribution in [0.3, 0.4) is 0 Å². The van der Waals surface area contributed by atoms with Crippen LogP contribution in [0, 0.1) is 35.0 Å². The molecular formula is C34H64N2O8. The molecule has 2 aliphatic rings. The maximum atomic E-state index is 13.8. The predicted octanol–water partition coefficient (Wildman–Crippen LogP) is 4.63. The second-order valence-electron chi connectivity index (χ2n) is 15.4. The Balaban J connectivity index is 2.58. The third-order valence-electron chi connectivity index (χ3n) is 10.2. The lowest BCUT2D eigenvalue weighted by atomic mass is 9.70. The Bertz CT molecular complexity index is 952. The fourth-order valence-corrected chi connectivity index (χ4v) is 7.20. The van der Waals surface area contributed by atoms with Crippen molar-refractivity contribution in [2.24, 2.45) is 40.2 Å². The lowest BCUT2D eigenvalue weighted by molar-refractivity contribution is -0.254. The van der Waals surface area contributed by atoms with E-state index in [9.17, 15) is 20.1 Å². The summed E-state index contributed by atoms with van der Waals surface area (Å²) in [5.74, 6) is -2.79. The van der Waals surface area contributed by atoms with Gasteiger partial charge in [-0.2, -0.15) is 0 Å². The van der Waals surface area contributed by atoms with Crippen LogP contribution in [0.4, 0.5) is 0 Å². The smallest absolute Gasteiger partial charge is 0.311 e. The molecule has 10 heteroatoms. The molecule has 2 rings (SSSR count). The first-order valence-electron chi connectivity index (χ1n) is 16.6. The average molecular weight is 629 g/mol. The standard InChI is InChI=1S/C34H64N2O8/c1-14-26-34(11,40)30(37)23(5)28(35-41-16-15-36(12)13)20(2)17-33(10,39)25(7)22(4)29(24(6)31(38)43-26)44-27-19-32(8,9)18-21(3)42-27/h20-27,29-30,37,39-40H,14-19H2,1-13H3/b35-28+/t20-,21+,22-,23+,24-,25-,26-,27+,29+,30-,33-,34-/m1/s1. The SMILES string of the molecule is CC[C@H]1OC(=O)[C@H](C)[C@@H](O[C@H]2CC(C)(C)C[C@H](C)O2)[C@H](C)[C@@H](C)[C@](C)(O)C[C@@H](C)/C(=N\OCCN(C)C)[C@H](C)[C@@H](O)[C@]1(C)O. The quantitative estimate of drug-likeness (QED) is 0.210.